The molecule has 0 saturated heterocycles. The first-order chi connectivity index (χ1) is 11.2. The first-order valence-corrected chi connectivity index (χ1v) is 8.12. The van der Waals surface area contributed by atoms with Crippen molar-refractivity contribution < 1.29 is 23.9 Å². The van der Waals surface area contributed by atoms with Crippen molar-refractivity contribution >= 4 is 17.7 Å². The zero-order valence-electron chi connectivity index (χ0n) is 14.5. The van der Waals surface area contributed by atoms with Crippen LogP contribution in [0.25, 0.3) is 0 Å². The van der Waals surface area contributed by atoms with Gasteiger partial charge < -0.3 is 9.47 Å². The topological polar surface area (TPSA) is 69.7 Å². The van der Waals surface area contributed by atoms with Crippen LogP contribution in [0.1, 0.15) is 50.4 Å². The monoisotopic (exact) mass is 330 g/mol. The van der Waals surface area contributed by atoms with E-state index in [1.54, 1.807) is 24.3 Å². The summed E-state index contributed by atoms with van der Waals surface area (Å²) in [7, 11) is 1.31. The number of methoxy groups -OCH3 is 1. The van der Waals surface area contributed by atoms with Crippen molar-refractivity contribution in [2.45, 2.75) is 40.0 Å². The van der Waals surface area contributed by atoms with Gasteiger partial charge in [0.25, 0.3) is 0 Å². The van der Waals surface area contributed by atoms with Gasteiger partial charge in [-0.3, -0.25) is 9.59 Å². The second-order valence-electron chi connectivity index (χ2n) is 7.54. The Hall–Kier alpha value is -2.17. The van der Waals surface area contributed by atoms with Gasteiger partial charge in [-0.05, 0) is 42.5 Å². The fourth-order valence-electron chi connectivity index (χ4n) is 4.29. The summed E-state index contributed by atoms with van der Waals surface area (Å²) in [5.74, 6) is -0.282. The summed E-state index contributed by atoms with van der Waals surface area (Å²) in [6.45, 7) is 5.95. The van der Waals surface area contributed by atoms with E-state index in [4.69, 9.17) is 4.74 Å². The number of carbonyl (C=O) groups excluding carboxylic acids is 3. The van der Waals surface area contributed by atoms with Gasteiger partial charge in [0, 0.05) is 11.8 Å². The first kappa shape index (κ1) is 16.7. The second-order valence-corrected chi connectivity index (χ2v) is 7.54. The Morgan fingerprint density at radius 2 is 1.67 bits per heavy atom. The molecule has 5 nitrogen and oxygen atoms in total. The number of rotatable bonds is 3. The Bertz CT molecular complexity index is 718. The van der Waals surface area contributed by atoms with E-state index in [2.05, 4.69) is 4.74 Å². The normalized spacial score (nSPS) is 30.2. The molecule has 1 aromatic carbocycles. The lowest BCUT2D eigenvalue weighted by atomic mass is 9.65. The van der Waals surface area contributed by atoms with E-state index in [1.165, 1.54) is 7.11 Å². The van der Waals surface area contributed by atoms with Crippen LogP contribution in [0.2, 0.25) is 0 Å². The minimum Gasteiger partial charge on any atom is -0.465 e. The maximum absolute atomic E-state index is 12.9. The largest absolute Gasteiger partial charge is 0.465 e. The van der Waals surface area contributed by atoms with Gasteiger partial charge in [0.05, 0.1) is 18.1 Å². The zero-order valence-corrected chi connectivity index (χ0v) is 14.5. The van der Waals surface area contributed by atoms with E-state index in [9.17, 15) is 14.4 Å². The van der Waals surface area contributed by atoms with Gasteiger partial charge >= 0.3 is 11.9 Å². The molecule has 3 rings (SSSR count). The highest BCUT2D eigenvalue weighted by atomic mass is 16.5. The third-order valence-electron chi connectivity index (χ3n) is 6.58. The number of hydrogen-bond donors (Lipinski definition) is 0. The van der Waals surface area contributed by atoms with Crippen LogP contribution in [0.3, 0.4) is 0 Å². The molecule has 2 bridgehead atoms. The lowest BCUT2D eigenvalue weighted by Gasteiger charge is -2.37. The Morgan fingerprint density at radius 3 is 2.12 bits per heavy atom. The van der Waals surface area contributed by atoms with Crippen molar-refractivity contribution in [2.24, 2.45) is 16.2 Å². The van der Waals surface area contributed by atoms with Crippen molar-refractivity contribution in [1.82, 2.24) is 0 Å². The number of benzene rings is 1. The molecule has 0 N–H and O–H groups in total. The van der Waals surface area contributed by atoms with Crippen LogP contribution >= 0.6 is 0 Å². The van der Waals surface area contributed by atoms with Crippen LogP contribution in [-0.2, 0) is 14.3 Å². The van der Waals surface area contributed by atoms with Crippen LogP contribution in [-0.4, -0.2) is 24.8 Å². The molecule has 0 aromatic heterocycles. The Kier molecular flexibility index (Phi) is 3.59. The molecule has 2 saturated carbocycles. The summed E-state index contributed by atoms with van der Waals surface area (Å²) in [5, 5.41) is 0. The fraction of sp³-hybridized carbons (Fsp3) is 0.526. The number of fused-ring (bicyclic) bond motifs is 2. The van der Waals surface area contributed by atoms with Gasteiger partial charge in [-0.1, -0.05) is 20.8 Å². The third-order valence-corrected chi connectivity index (χ3v) is 6.58. The van der Waals surface area contributed by atoms with Crippen LogP contribution < -0.4 is 4.74 Å². The zero-order chi connectivity index (χ0) is 17.8. The molecule has 24 heavy (non-hydrogen) atoms. The lowest BCUT2D eigenvalue weighted by Crippen LogP contribution is -2.42. The van der Waals surface area contributed by atoms with Crippen LogP contribution in [0, 0.1) is 16.2 Å². The molecule has 2 atom stereocenters. The van der Waals surface area contributed by atoms with Crippen LogP contribution in [0.4, 0.5) is 0 Å². The highest BCUT2D eigenvalue weighted by molar-refractivity contribution is 5.98. The molecule has 2 aliphatic rings. The molecule has 0 spiro atoms. The molecule has 5 heteroatoms. The number of Topliss-reactive ketones (excluding diaryl/α,β-unsaturated/α-hetero) is 1. The first-order valence-electron chi connectivity index (χ1n) is 8.12. The Labute approximate surface area is 141 Å². The van der Waals surface area contributed by atoms with Gasteiger partial charge in [-0.2, -0.15) is 0 Å². The molecular formula is C19H22O5. The van der Waals surface area contributed by atoms with Gasteiger partial charge in [0.1, 0.15) is 11.5 Å². The van der Waals surface area contributed by atoms with Crippen molar-refractivity contribution in [3.63, 3.8) is 0 Å². The maximum atomic E-state index is 12.9. The summed E-state index contributed by atoms with van der Waals surface area (Å²) >= 11 is 0. The number of ether oxygens (including phenoxy) is 2. The van der Waals surface area contributed by atoms with Crippen molar-refractivity contribution in [3.05, 3.63) is 29.8 Å². The molecule has 1 aromatic rings. The van der Waals surface area contributed by atoms with E-state index in [1.807, 2.05) is 20.8 Å². The van der Waals surface area contributed by atoms with Crippen LogP contribution in [0.15, 0.2) is 24.3 Å². The highest BCUT2D eigenvalue weighted by Gasteiger charge is 2.73. The van der Waals surface area contributed by atoms with Crippen LogP contribution in [0.5, 0.6) is 5.75 Å². The Balaban J connectivity index is 1.83. The van der Waals surface area contributed by atoms with Crippen molar-refractivity contribution in [2.75, 3.05) is 7.11 Å². The van der Waals surface area contributed by atoms with E-state index < -0.39 is 22.2 Å². The number of hydrogen-bond acceptors (Lipinski definition) is 5. The highest BCUT2D eigenvalue weighted by Crippen LogP contribution is 2.70. The van der Waals surface area contributed by atoms with Gasteiger partial charge in [-0.15, -0.1) is 0 Å². The number of ketones is 1. The summed E-state index contributed by atoms with van der Waals surface area (Å²) in [4.78, 5) is 36.8. The SMILES string of the molecule is COC(=O)c1ccc(OC(=O)[C@]23CC[C@@](C)(C(=O)C2)C3(C)C)cc1. The van der Waals surface area contributed by atoms with Gasteiger partial charge in [-0.25, -0.2) is 4.79 Å². The standard InChI is InChI=1S/C19H22O5/c1-17(2)18(3)9-10-19(17,11-14(18)20)16(22)24-13-7-5-12(6-8-13)15(21)23-4/h5-8H,9-11H2,1-4H3/t18-,19-/m0/s1. The van der Waals surface area contributed by atoms with E-state index in [-0.39, 0.29) is 18.2 Å². The molecule has 128 valence electrons. The Morgan fingerprint density at radius 1 is 1.04 bits per heavy atom. The van der Waals surface area contributed by atoms with Gasteiger partial charge in [0.2, 0.25) is 0 Å². The molecule has 2 fully saturated rings. The summed E-state index contributed by atoms with van der Waals surface area (Å²) in [5.41, 5.74) is -1.26. The minimum atomic E-state index is -0.764. The fourth-order valence-corrected chi connectivity index (χ4v) is 4.29. The van der Waals surface area contributed by atoms with E-state index in [0.717, 1.165) is 6.42 Å². The molecule has 2 aliphatic carbocycles. The average Bonchev–Trinajstić information content (AvgIpc) is 2.85. The quantitative estimate of drug-likeness (QED) is 0.629. The molecule has 0 radical (unpaired) electrons. The molecular weight excluding hydrogens is 308 g/mol. The predicted octanol–water partition coefficient (Wildman–Crippen LogP) is 3.16. The molecule has 0 amide bonds. The molecule has 0 heterocycles. The van der Waals surface area contributed by atoms with Crippen molar-refractivity contribution in [3.8, 4) is 5.75 Å². The smallest absolute Gasteiger partial charge is 0.337 e. The van der Waals surface area contributed by atoms with Gasteiger partial charge in [0.15, 0.2) is 0 Å². The molecule has 0 aliphatic heterocycles. The number of carbonyl (C=O) groups is 3. The lowest BCUT2D eigenvalue weighted by molar-refractivity contribution is -0.151. The van der Waals surface area contributed by atoms with E-state index >= 15 is 0 Å². The predicted molar refractivity (Wildman–Crippen MR) is 86.6 cm³/mol. The van der Waals surface area contributed by atoms with E-state index in [0.29, 0.717) is 17.7 Å². The minimum absolute atomic E-state index is 0.150. The third kappa shape index (κ3) is 1.96. The number of esters is 2. The summed E-state index contributed by atoms with van der Waals surface area (Å²) in [6.07, 6.45) is 1.63. The maximum Gasteiger partial charge on any atom is 0.337 e. The molecule has 0 unspecified atom stereocenters. The average molecular weight is 330 g/mol. The van der Waals surface area contributed by atoms with Crippen molar-refractivity contribution in [1.29, 1.82) is 0 Å². The summed E-state index contributed by atoms with van der Waals surface area (Å²) < 4.78 is 10.2. The second kappa shape index (κ2) is 5.16. The summed E-state index contributed by atoms with van der Waals surface area (Å²) in [6, 6.07) is 6.24.